The molecule has 0 aromatic heterocycles. The van der Waals surface area contributed by atoms with E-state index in [9.17, 15) is 0 Å². The minimum absolute atomic E-state index is 0.386. The molecule has 1 heterocycles. The SMILES string of the molecule is CCCNC(C1CC1)C(C)(CC)N1CCCCC1. The van der Waals surface area contributed by atoms with Gasteiger partial charge in [0.1, 0.15) is 0 Å². The summed E-state index contributed by atoms with van der Waals surface area (Å²) in [5.41, 5.74) is 0.386. The first kappa shape index (κ1) is 14.3. The summed E-state index contributed by atoms with van der Waals surface area (Å²) in [6.45, 7) is 11.0. The van der Waals surface area contributed by atoms with E-state index in [0.29, 0.717) is 5.54 Å². The van der Waals surface area contributed by atoms with Crippen LogP contribution in [0.3, 0.4) is 0 Å². The number of hydrogen-bond acceptors (Lipinski definition) is 2. The molecule has 2 atom stereocenters. The van der Waals surface area contributed by atoms with Crippen LogP contribution < -0.4 is 5.32 Å². The maximum absolute atomic E-state index is 3.88. The minimum atomic E-state index is 0.386. The van der Waals surface area contributed by atoms with Gasteiger partial charge in [-0.05, 0) is 71.0 Å². The van der Waals surface area contributed by atoms with Crippen molar-refractivity contribution in [3.63, 3.8) is 0 Å². The van der Waals surface area contributed by atoms with E-state index in [1.807, 2.05) is 0 Å². The molecule has 2 aliphatic rings. The van der Waals surface area contributed by atoms with E-state index in [0.717, 1.165) is 12.0 Å². The maximum atomic E-state index is 3.88. The van der Waals surface area contributed by atoms with Crippen molar-refractivity contribution in [2.75, 3.05) is 19.6 Å². The molecule has 0 aromatic rings. The van der Waals surface area contributed by atoms with Crippen LogP contribution >= 0.6 is 0 Å². The van der Waals surface area contributed by atoms with Crippen molar-refractivity contribution in [2.45, 2.75) is 77.3 Å². The molecule has 1 saturated carbocycles. The lowest BCUT2D eigenvalue weighted by Gasteiger charge is -2.48. The van der Waals surface area contributed by atoms with Gasteiger partial charge in [-0.2, -0.15) is 0 Å². The zero-order valence-electron chi connectivity index (χ0n) is 12.7. The molecule has 0 amide bonds. The van der Waals surface area contributed by atoms with Crippen LogP contribution in [-0.4, -0.2) is 36.1 Å². The molecule has 2 rings (SSSR count). The van der Waals surface area contributed by atoms with Gasteiger partial charge in [0.25, 0.3) is 0 Å². The van der Waals surface area contributed by atoms with Crippen molar-refractivity contribution in [2.24, 2.45) is 5.92 Å². The Morgan fingerprint density at radius 1 is 1.17 bits per heavy atom. The van der Waals surface area contributed by atoms with Crippen LogP contribution in [0.25, 0.3) is 0 Å². The average molecular weight is 252 g/mol. The summed E-state index contributed by atoms with van der Waals surface area (Å²) in [6.07, 6.45) is 9.68. The third-order valence-corrected chi connectivity index (χ3v) is 5.17. The van der Waals surface area contributed by atoms with Gasteiger partial charge in [0, 0.05) is 11.6 Å². The van der Waals surface area contributed by atoms with Crippen molar-refractivity contribution in [3.8, 4) is 0 Å². The van der Waals surface area contributed by atoms with E-state index in [4.69, 9.17) is 0 Å². The second kappa shape index (κ2) is 6.38. The number of nitrogens with zero attached hydrogens (tertiary/aromatic N) is 1. The van der Waals surface area contributed by atoms with Crippen molar-refractivity contribution in [3.05, 3.63) is 0 Å². The molecular weight excluding hydrogens is 220 g/mol. The molecule has 1 N–H and O–H groups in total. The van der Waals surface area contributed by atoms with Crippen LogP contribution in [0, 0.1) is 5.92 Å². The van der Waals surface area contributed by atoms with Gasteiger partial charge >= 0.3 is 0 Å². The highest BCUT2D eigenvalue weighted by Gasteiger charge is 2.45. The highest BCUT2D eigenvalue weighted by atomic mass is 15.2. The van der Waals surface area contributed by atoms with E-state index in [2.05, 4.69) is 31.0 Å². The standard InChI is InChI=1S/C16H32N2/c1-4-11-17-15(14-9-10-14)16(3,5-2)18-12-7-6-8-13-18/h14-15,17H,4-13H2,1-3H3. The zero-order chi connectivity index (χ0) is 13.0. The van der Waals surface area contributed by atoms with E-state index in [1.54, 1.807) is 0 Å². The van der Waals surface area contributed by atoms with Crippen molar-refractivity contribution < 1.29 is 0 Å². The molecule has 1 aliphatic heterocycles. The first-order chi connectivity index (χ1) is 8.72. The minimum Gasteiger partial charge on any atom is -0.312 e. The van der Waals surface area contributed by atoms with Crippen molar-refractivity contribution in [1.29, 1.82) is 0 Å². The lowest BCUT2D eigenvalue weighted by Crippen LogP contribution is -2.61. The monoisotopic (exact) mass is 252 g/mol. The van der Waals surface area contributed by atoms with E-state index < -0.39 is 0 Å². The number of piperidine rings is 1. The van der Waals surface area contributed by atoms with Gasteiger partial charge in [-0.3, -0.25) is 4.90 Å². The Kier molecular flexibility index (Phi) is 5.08. The highest BCUT2D eigenvalue weighted by Crippen LogP contribution is 2.41. The van der Waals surface area contributed by atoms with Crippen molar-refractivity contribution in [1.82, 2.24) is 10.2 Å². The Hall–Kier alpha value is -0.0800. The van der Waals surface area contributed by atoms with Gasteiger partial charge in [0.05, 0.1) is 0 Å². The Bertz CT molecular complexity index is 243. The third-order valence-electron chi connectivity index (χ3n) is 5.17. The number of nitrogens with one attached hydrogen (secondary N) is 1. The van der Waals surface area contributed by atoms with Crippen LogP contribution in [0.4, 0.5) is 0 Å². The molecule has 1 aliphatic carbocycles. The first-order valence-electron chi connectivity index (χ1n) is 8.20. The summed E-state index contributed by atoms with van der Waals surface area (Å²) in [5.74, 6) is 0.948. The van der Waals surface area contributed by atoms with Crippen LogP contribution in [0.1, 0.15) is 65.7 Å². The van der Waals surface area contributed by atoms with E-state index in [-0.39, 0.29) is 0 Å². The van der Waals surface area contributed by atoms with Gasteiger partial charge in [-0.1, -0.05) is 20.3 Å². The van der Waals surface area contributed by atoms with Crippen LogP contribution in [0.2, 0.25) is 0 Å². The Morgan fingerprint density at radius 2 is 1.83 bits per heavy atom. The molecular formula is C16H32N2. The van der Waals surface area contributed by atoms with Gasteiger partial charge in [0.15, 0.2) is 0 Å². The summed E-state index contributed by atoms with van der Waals surface area (Å²) >= 11 is 0. The van der Waals surface area contributed by atoms with Crippen molar-refractivity contribution >= 4 is 0 Å². The zero-order valence-corrected chi connectivity index (χ0v) is 12.7. The van der Waals surface area contributed by atoms with Gasteiger partial charge < -0.3 is 5.32 Å². The molecule has 2 nitrogen and oxygen atoms in total. The number of likely N-dealkylation sites (tertiary alicyclic amines) is 1. The Balaban J connectivity index is 2.05. The summed E-state index contributed by atoms with van der Waals surface area (Å²) in [5, 5.41) is 3.88. The molecule has 0 radical (unpaired) electrons. The maximum Gasteiger partial charge on any atom is 0.0334 e. The smallest absolute Gasteiger partial charge is 0.0334 e. The lowest BCUT2D eigenvalue weighted by molar-refractivity contribution is 0.0359. The first-order valence-corrected chi connectivity index (χ1v) is 8.20. The molecule has 0 spiro atoms. The third kappa shape index (κ3) is 3.08. The molecule has 1 saturated heterocycles. The highest BCUT2D eigenvalue weighted by molar-refractivity contribution is 5.03. The predicted octanol–water partition coefficient (Wildman–Crippen LogP) is 3.42. The molecule has 0 aromatic carbocycles. The quantitative estimate of drug-likeness (QED) is 0.747. The number of hydrogen-bond donors (Lipinski definition) is 1. The second-order valence-corrected chi connectivity index (χ2v) is 6.53. The topological polar surface area (TPSA) is 15.3 Å². The normalized spacial score (nSPS) is 26.8. The molecule has 2 unspecified atom stereocenters. The van der Waals surface area contributed by atoms with Crippen LogP contribution in [-0.2, 0) is 0 Å². The average Bonchev–Trinajstić information content (AvgIpc) is 3.24. The van der Waals surface area contributed by atoms with Crippen LogP contribution in [0.5, 0.6) is 0 Å². The number of rotatable bonds is 7. The predicted molar refractivity (Wildman–Crippen MR) is 78.9 cm³/mol. The summed E-state index contributed by atoms with van der Waals surface area (Å²) in [7, 11) is 0. The summed E-state index contributed by atoms with van der Waals surface area (Å²) in [4.78, 5) is 2.79. The molecule has 2 fully saturated rings. The fourth-order valence-corrected chi connectivity index (χ4v) is 3.67. The molecule has 0 bridgehead atoms. The largest absolute Gasteiger partial charge is 0.312 e. The van der Waals surface area contributed by atoms with Gasteiger partial charge in [-0.25, -0.2) is 0 Å². The Labute approximate surface area is 114 Å². The van der Waals surface area contributed by atoms with Gasteiger partial charge in [0.2, 0.25) is 0 Å². The van der Waals surface area contributed by atoms with E-state index in [1.165, 1.54) is 64.6 Å². The molecule has 106 valence electrons. The Morgan fingerprint density at radius 3 is 2.33 bits per heavy atom. The van der Waals surface area contributed by atoms with Gasteiger partial charge in [-0.15, -0.1) is 0 Å². The molecule has 2 heteroatoms. The lowest BCUT2D eigenvalue weighted by atomic mass is 9.82. The summed E-state index contributed by atoms with van der Waals surface area (Å²) < 4.78 is 0. The fraction of sp³-hybridized carbons (Fsp3) is 1.00. The molecule has 18 heavy (non-hydrogen) atoms. The van der Waals surface area contributed by atoms with E-state index >= 15 is 0 Å². The second-order valence-electron chi connectivity index (χ2n) is 6.53. The fourth-order valence-electron chi connectivity index (χ4n) is 3.67. The summed E-state index contributed by atoms with van der Waals surface area (Å²) in [6, 6.07) is 0.723. The van der Waals surface area contributed by atoms with Crippen LogP contribution in [0.15, 0.2) is 0 Å².